The van der Waals surface area contributed by atoms with Gasteiger partial charge in [-0.25, -0.2) is 0 Å². The summed E-state index contributed by atoms with van der Waals surface area (Å²) in [5.41, 5.74) is 7.25. The SMILES string of the molecule is CCC(C)n1ccc(CS(=O)c2cc(Br)ccc2N)n1. The maximum absolute atomic E-state index is 12.4. The summed E-state index contributed by atoms with van der Waals surface area (Å²) in [6.07, 6.45) is 2.95. The van der Waals surface area contributed by atoms with Crippen LogP contribution < -0.4 is 5.73 Å². The summed E-state index contributed by atoms with van der Waals surface area (Å²) in [4.78, 5) is 0.650. The van der Waals surface area contributed by atoms with Crippen molar-refractivity contribution in [2.75, 3.05) is 5.73 Å². The van der Waals surface area contributed by atoms with Gasteiger partial charge in [0.2, 0.25) is 0 Å². The largest absolute Gasteiger partial charge is 0.398 e. The minimum absolute atomic E-state index is 0.355. The molecule has 0 radical (unpaired) electrons. The number of nitrogen functional groups attached to an aromatic ring is 1. The Balaban J connectivity index is 2.15. The second-order valence-corrected chi connectivity index (χ2v) is 7.05. The molecule has 0 aliphatic rings. The van der Waals surface area contributed by atoms with E-state index in [4.69, 9.17) is 5.73 Å². The number of halogens is 1. The molecule has 0 amide bonds. The minimum atomic E-state index is -1.19. The third kappa shape index (κ3) is 3.49. The van der Waals surface area contributed by atoms with Gasteiger partial charge in [0.1, 0.15) is 0 Å². The molecule has 2 atom stereocenters. The first-order valence-corrected chi connectivity index (χ1v) is 8.60. The van der Waals surface area contributed by atoms with Crippen LogP contribution in [0.3, 0.4) is 0 Å². The molecule has 108 valence electrons. The highest BCUT2D eigenvalue weighted by atomic mass is 79.9. The molecule has 0 spiro atoms. The summed E-state index contributed by atoms with van der Waals surface area (Å²) >= 11 is 3.37. The predicted molar refractivity (Wildman–Crippen MR) is 85.9 cm³/mol. The molecule has 0 saturated heterocycles. The van der Waals surface area contributed by atoms with Gasteiger partial charge in [0.05, 0.1) is 27.1 Å². The highest BCUT2D eigenvalue weighted by Gasteiger charge is 2.12. The van der Waals surface area contributed by atoms with Crippen molar-refractivity contribution < 1.29 is 4.21 Å². The molecule has 2 rings (SSSR count). The molecule has 2 N–H and O–H groups in total. The number of hydrogen-bond donors (Lipinski definition) is 1. The summed E-state index contributed by atoms with van der Waals surface area (Å²) in [5.74, 6) is 0.379. The summed E-state index contributed by atoms with van der Waals surface area (Å²) in [6.45, 7) is 4.23. The lowest BCUT2D eigenvalue weighted by atomic mass is 10.3. The van der Waals surface area contributed by atoms with Crippen LogP contribution in [-0.4, -0.2) is 14.0 Å². The molecular formula is C14H18BrN3OS. The molecule has 0 fully saturated rings. The molecule has 20 heavy (non-hydrogen) atoms. The van der Waals surface area contributed by atoms with Gasteiger partial charge >= 0.3 is 0 Å². The summed E-state index contributed by atoms with van der Waals surface area (Å²) in [7, 11) is -1.19. The Morgan fingerprint density at radius 3 is 2.90 bits per heavy atom. The lowest BCUT2D eigenvalue weighted by molar-refractivity contribution is 0.475. The van der Waals surface area contributed by atoms with Crippen LogP contribution in [0.15, 0.2) is 39.8 Å². The fraction of sp³-hybridized carbons (Fsp3) is 0.357. The zero-order valence-corrected chi connectivity index (χ0v) is 13.9. The van der Waals surface area contributed by atoms with Crippen LogP contribution in [0.4, 0.5) is 5.69 Å². The number of nitrogens with two attached hydrogens (primary N) is 1. The minimum Gasteiger partial charge on any atom is -0.398 e. The van der Waals surface area contributed by atoms with E-state index in [9.17, 15) is 4.21 Å². The molecule has 0 aliphatic heterocycles. The van der Waals surface area contributed by atoms with Crippen molar-refractivity contribution in [1.29, 1.82) is 0 Å². The van der Waals surface area contributed by atoms with E-state index in [1.807, 2.05) is 23.0 Å². The first kappa shape index (κ1) is 15.3. The average Bonchev–Trinajstić information content (AvgIpc) is 2.89. The molecule has 1 aromatic heterocycles. The van der Waals surface area contributed by atoms with E-state index < -0.39 is 10.8 Å². The summed E-state index contributed by atoms with van der Waals surface area (Å²) < 4.78 is 15.2. The number of aromatic nitrogens is 2. The highest BCUT2D eigenvalue weighted by molar-refractivity contribution is 9.10. The Morgan fingerprint density at radius 1 is 1.45 bits per heavy atom. The van der Waals surface area contributed by atoms with Crippen molar-refractivity contribution in [3.63, 3.8) is 0 Å². The Kier molecular flexibility index (Phi) is 4.99. The van der Waals surface area contributed by atoms with Crippen molar-refractivity contribution >= 4 is 32.4 Å². The van der Waals surface area contributed by atoms with E-state index >= 15 is 0 Å². The first-order chi connectivity index (χ1) is 9.51. The normalized spacial score (nSPS) is 14.2. The number of nitrogens with zero attached hydrogens (tertiary/aromatic N) is 2. The molecule has 4 nitrogen and oxygen atoms in total. The van der Waals surface area contributed by atoms with Crippen molar-refractivity contribution in [2.45, 2.75) is 37.0 Å². The highest BCUT2D eigenvalue weighted by Crippen LogP contribution is 2.23. The van der Waals surface area contributed by atoms with Crippen molar-refractivity contribution in [3.05, 3.63) is 40.6 Å². The lowest BCUT2D eigenvalue weighted by Gasteiger charge is -2.08. The number of anilines is 1. The van der Waals surface area contributed by atoms with Gasteiger partial charge in [0.15, 0.2) is 0 Å². The third-order valence-electron chi connectivity index (χ3n) is 3.21. The zero-order valence-electron chi connectivity index (χ0n) is 11.5. The van der Waals surface area contributed by atoms with Gasteiger partial charge < -0.3 is 5.73 Å². The van der Waals surface area contributed by atoms with Gasteiger partial charge in [-0.15, -0.1) is 0 Å². The molecule has 0 saturated carbocycles. The quantitative estimate of drug-likeness (QED) is 0.834. The standard InChI is InChI=1S/C14H18BrN3OS/c1-3-10(2)18-7-6-12(17-18)9-20(19)14-8-11(15)4-5-13(14)16/h4-8,10H,3,9,16H2,1-2H3. The molecule has 6 heteroatoms. The van der Waals surface area contributed by atoms with Gasteiger partial charge in [0.25, 0.3) is 0 Å². The van der Waals surface area contributed by atoms with Crippen LogP contribution in [-0.2, 0) is 16.6 Å². The fourth-order valence-electron chi connectivity index (χ4n) is 1.80. The van der Waals surface area contributed by atoms with Gasteiger partial charge in [0, 0.05) is 22.4 Å². The van der Waals surface area contributed by atoms with Gasteiger partial charge in [-0.3, -0.25) is 8.89 Å². The van der Waals surface area contributed by atoms with Crippen LogP contribution in [0.2, 0.25) is 0 Å². The van der Waals surface area contributed by atoms with E-state index in [1.165, 1.54) is 0 Å². The van der Waals surface area contributed by atoms with Crippen LogP contribution in [0.5, 0.6) is 0 Å². The number of benzene rings is 1. The number of hydrogen-bond acceptors (Lipinski definition) is 3. The lowest BCUT2D eigenvalue weighted by Crippen LogP contribution is -2.06. The topological polar surface area (TPSA) is 60.9 Å². The van der Waals surface area contributed by atoms with E-state index in [1.54, 1.807) is 12.1 Å². The average molecular weight is 356 g/mol. The molecule has 0 aliphatic carbocycles. The monoisotopic (exact) mass is 355 g/mol. The molecule has 0 bridgehead atoms. The van der Waals surface area contributed by atoms with Crippen molar-refractivity contribution in [3.8, 4) is 0 Å². The first-order valence-electron chi connectivity index (χ1n) is 6.48. The Labute approximate surface area is 130 Å². The summed E-state index contributed by atoms with van der Waals surface area (Å²) in [5, 5.41) is 4.47. The third-order valence-corrected chi connectivity index (χ3v) is 5.10. The Hall–Kier alpha value is -1.14. The molecule has 2 unspecified atom stereocenters. The molecular weight excluding hydrogens is 338 g/mol. The maximum Gasteiger partial charge on any atom is 0.0753 e. The van der Waals surface area contributed by atoms with Crippen LogP contribution >= 0.6 is 15.9 Å². The second-order valence-electron chi connectivity index (χ2n) is 4.72. The van der Waals surface area contributed by atoms with Crippen LogP contribution in [0.25, 0.3) is 0 Å². The smallest absolute Gasteiger partial charge is 0.0753 e. The molecule has 1 heterocycles. The van der Waals surface area contributed by atoms with E-state index in [0.29, 0.717) is 22.4 Å². The zero-order chi connectivity index (χ0) is 14.7. The molecule has 1 aromatic carbocycles. The van der Waals surface area contributed by atoms with Gasteiger partial charge in [-0.05, 0) is 37.6 Å². The predicted octanol–water partition coefficient (Wildman–Crippen LogP) is 3.51. The van der Waals surface area contributed by atoms with Crippen LogP contribution in [0.1, 0.15) is 32.0 Å². The van der Waals surface area contributed by atoms with Crippen molar-refractivity contribution in [1.82, 2.24) is 9.78 Å². The fourth-order valence-corrected chi connectivity index (χ4v) is 3.48. The van der Waals surface area contributed by atoms with E-state index in [0.717, 1.165) is 16.6 Å². The van der Waals surface area contributed by atoms with E-state index in [2.05, 4.69) is 34.9 Å². The summed E-state index contributed by atoms with van der Waals surface area (Å²) in [6, 6.07) is 7.67. The number of rotatable bonds is 5. The Bertz CT molecular complexity index is 627. The van der Waals surface area contributed by atoms with Gasteiger partial charge in [-0.1, -0.05) is 22.9 Å². The van der Waals surface area contributed by atoms with Crippen molar-refractivity contribution in [2.24, 2.45) is 0 Å². The molecule has 2 aromatic rings. The van der Waals surface area contributed by atoms with Gasteiger partial charge in [-0.2, -0.15) is 5.10 Å². The maximum atomic E-state index is 12.4. The second kappa shape index (κ2) is 6.54. The van der Waals surface area contributed by atoms with Crippen LogP contribution in [0, 0.1) is 0 Å². The Morgan fingerprint density at radius 2 is 2.20 bits per heavy atom. The van der Waals surface area contributed by atoms with E-state index in [-0.39, 0.29) is 0 Å².